The van der Waals surface area contributed by atoms with Crippen molar-refractivity contribution in [1.29, 1.82) is 0 Å². The Morgan fingerprint density at radius 3 is 2.58 bits per heavy atom. The van der Waals surface area contributed by atoms with Gasteiger partial charge in [0.15, 0.2) is 5.96 Å². The van der Waals surface area contributed by atoms with Crippen molar-refractivity contribution < 1.29 is 9.53 Å². The van der Waals surface area contributed by atoms with Gasteiger partial charge >= 0.3 is 0 Å². The maximum atomic E-state index is 12.0. The molecule has 2 rings (SSSR count). The molecule has 0 aliphatic carbocycles. The van der Waals surface area contributed by atoms with Crippen LogP contribution in [0.25, 0.3) is 0 Å². The molecular weight excluding hydrogens is 350 g/mol. The van der Waals surface area contributed by atoms with Crippen LogP contribution >= 0.6 is 11.8 Å². The lowest BCUT2D eigenvalue weighted by molar-refractivity contribution is -0.121. The minimum absolute atomic E-state index is 0.0611. The maximum Gasteiger partial charge on any atom is 0.242 e. The highest BCUT2D eigenvalue weighted by Gasteiger charge is 2.40. The average molecular weight is 386 g/mol. The summed E-state index contributed by atoms with van der Waals surface area (Å²) in [4.78, 5) is 19.1. The van der Waals surface area contributed by atoms with Crippen LogP contribution in [-0.4, -0.2) is 85.3 Å². The molecular formula is C18H35N5O2S. The number of hydrogen-bond acceptors (Lipinski definition) is 5. The van der Waals surface area contributed by atoms with Gasteiger partial charge in [0, 0.05) is 43.0 Å². The molecule has 0 aromatic heterocycles. The number of rotatable bonds is 6. The number of ether oxygens (including phenoxy) is 1. The fourth-order valence-corrected chi connectivity index (χ4v) is 4.81. The molecule has 2 fully saturated rings. The van der Waals surface area contributed by atoms with Crippen LogP contribution in [0.5, 0.6) is 0 Å². The van der Waals surface area contributed by atoms with E-state index in [2.05, 4.69) is 25.8 Å². The van der Waals surface area contributed by atoms with E-state index in [0.717, 1.165) is 45.1 Å². The van der Waals surface area contributed by atoms with Gasteiger partial charge in [0.05, 0.1) is 13.2 Å². The van der Waals surface area contributed by atoms with Crippen LogP contribution in [0.1, 0.15) is 34.1 Å². The number of nitrogens with zero attached hydrogens (tertiary/aromatic N) is 2. The zero-order valence-electron chi connectivity index (χ0n) is 16.7. The molecule has 0 aromatic rings. The third-order valence-electron chi connectivity index (χ3n) is 4.59. The number of carbonyl (C=O) groups is 1. The summed E-state index contributed by atoms with van der Waals surface area (Å²) in [6, 6.07) is 0. The molecule has 26 heavy (non-hydrogen) atoms. The number of nitrogens with one attached hydrogen (secondary N) is 3. The number of guanidine groups is 1. The minimum atomic E-state index is -0.236. The molecule has 7 nitrogen and oxygen atoms in total. The molecule has 0 bridgehead atoms. The molecule has 0 spiro atoms. The van der Waals surface area contributed by atoms with Gasteiger partial charge < -0.3 is 20.7 Å². The molecule has 2 aliphatic rings. The normalized spacial score (nSPS) is 25.2. The zero-order chi connectivity index (χ0) is 19.0. The first kappa shape index (κ1) is 21.3. The summed E-state index contributed by atoms with van der Waals surface area (Å²) in [5.41, 5.74) is -0.0852. The van der Waals surface area contributed by atoms with Crippen LogP contribution < -0.4 is 16.0 Å². The van der Waals surface area contributed by atoms with E-state index in [-0.39, 0.29) is 23.5 Å². The van der Waals surface area contributed by atoms with Gasteiger partial charge in [-0.1, -0.05) is 0 Å². The highest BCUT2D eigenvalue weighted by atomic mass is 32.2. The van der Waals surface area contributed by atoms with Crippen LogP contribution in [0.4, 0.5) is 0 Å². The quantitative estimate of drug-likeness (QED) is 0.461. The first-order valence-electron chi connectivity index (χ1n) is 9.58. The number of morpholine rings is 1. The Morgan fingerprint density at radius 1 is 1.27 bits per heavy atom. The third-order valence-corrected chi connectivity index (χ3v) is 5.82. The van der Waals surface area contributed by atoms with E-state index in [1.54, 1.807) is 0 Å². The van der Waals surface area contributed by atoms with Crippen LogP contribution in [0.3, 0.4) is 0 Å². The Hall–Kier alpha value is -0.990. The van der Waals surface area contributed by atoms with E-state index < -0.39 is 0 Å². The van der Waals surface area contributed by atoms with Crippen LogP contribution in [0, 0.1) is 0 Å². The maximum absolute atomic E-state index is 12.0. The Kier molecular flexibility index (Phi) is 8.04. The predicted molar refractivity (Wildman–Crippen MR) is 109 cm³/mol. The standard InChI is InChI=1S/C18H35N5O2S/c1-5-19-16(20-12-15(24)22-17(2,3)4)21-13-18(6-11-26-14-18)23-7-9-25-10-8-23/h5-14H2,1-4H3,(H,22,24)(H2,19,20,21). The van der Waals surface area contributed by atoms with Crippen molar-refractivity contribution >= 4 is 23.6 Å². The molecule has 2 saturated heterocycles. The van der Waals surface area contributed by atoms with Gasteiger partial charge in [-0.25, -0.2) is 4.99 Å². The molecule has 8 heteroatoms. The minimum Gasteiger partial charge on any atom is -0.379 e. The number of carbonyl (C=O) groups excluding carboxylic acids is 1. The second kappa shape index (κ2) is 9.80. The lowest BCUT2D eigenvalue weighted by Gasteiger charge is -2.43. The molecule has 1 atom stereocenters. The number of aliphatic imine (C=N–C) groups is 1. The van der Waals surface area contributed by atoms with Crippen molar-refractivity contribution in [3.8, 4) is 0 Å². The molecule has 3 N–H and O–H groups in total. The summed E-state index contributed by atoms with van der Waals surface area (Å²) < 4.78 is 5.52. The second-order valence-corrected chi connectivity index (χ2v) is 9.08. The Bertz CT molecular complexity index is 480. The predicted octanol–water partition coefficient (Wildman–Crippen LogP) is 0.664. The zero-order valence-corrected chi connectivity index (χ0v) is 17.5. The Balaban J connectivity index is 1.94. The van der Waals surface area contributed by atoms with Crippen molar-refractivity contribution in [3.05, 3.63) is 0 Å². The second-order valence-electron chi connectivity index (χ2n) is 7.97. The number of thioether (sulfide) groups is 1. The van der Waals surface area contributed by atoms with Crippen LogP contribution in [-0.2, 0) is 9.53 Å². The molecule has 150 valence electrons. The van der Waals surface area contributed by atoms with Gasteiger partial charge in [0.25, 0.3) is 0 Å². The topological polar surface area (TPSA) is 78.0 Å². The van der Waals surface area contributed by atoms with Crippen molar-refractivity contribution in [2.24, 2.45) is 4.99 Å². The van der Waals surface area contributed by atoms with E-state index in [1.165, 1.54) is 12.2 Å². The number of hydrogen-bond donors (Lipinski definition) is 3. The monoisotopic (exact) mass is 385 g/mol. The Morgan fingerprint density at radius 2 is 2.00 bits per heavy atom. The average Bonchev–Trinajstić information content (AvgIpc) is 3.07. The van der Waals surface area contributed by atoms with E-state index in [1.807, 2.05) is 39.5 Å². The van der Waals surface area contributed by atoms with E-state index in [4.69, 9.17) is 4.74 Å². The first-order chi connectivity index (χ1) is 12.3. The summed E-state index contributed by atoms with van der Waals surface area (Å²) >= 11 is 2.02. The highest BCUT2D eigenvalue weighted by molar-refractivity contribution is 7.99. The van der Waals surface area contributed by atoms with Gasteiger partial charge in [-0.15, -0.1) is 0 Å². The van der Waals surface area contributed by atoms with Crippen molar-refractivity contribution in [3.63, 3.8) is 0 Å². The number of amides is 1. The summed E-state index contributed by atoms with van der Waals surface area (Å²) in [6.45, 7) is 13.3. The summed E-state index contributed by atoms with van der Waals surface area (Å²) in [6.07, 6.45) is 1.18. The van der Waals surface area contributed by atoms with E-state index in [0.29, 0.717) is 5.96 Å². The SMILES string of the molecule is CCNC(=NCC(=O)NC(C)(C)C)NCC1(N2CCOCC2)CCSC1. The molecule has 0 radical (unpaired) electrons. The lowest BCUT2D eigenvalue weighted by atomic mass is 9.95. The fourth-order valence-electron chi connectivity index (χ4n) is 3.33. The van der Waals surface area contributed by atoms with Crippen molar-refractivity contribution in [2.75, 3.05) is 57.4 Å². The van der Waals surface area contributed by atoms with Gasteiger partial charge in [-0.05, 0) is 39.9 Å². The molecule has 1 unspecified atom stereocenters. The van der Waals surface area contributed by atoms with Crippen LogP contribution in [0.2, 0.25) is 0 Å². The largest absolute Gasteiger partial charge is 0.379 e. The first-order valence-corrected chi connectivity index (χ1v) is 10.7. The molecule has 1 amide bonds. The fraction of sp³-hybridized carbons (Fsp3) is 0.889. The van der Waals surface area contributed by atoms with Gasteiger partial charge in [-0.3, -0.25) is 9.69 Å². The summed E-state index contributed by atoms with van der Waals surface area (Å²) in [7, 11) is 0. The molecule has 2 aliphatic heterocycles. The van der Waals surface area contributed by atoms with Gasteiger partial charge in [-0.2, -0.15) is 11.8 Å². The van der Waals surface area contributed by atoms with Crippen molar-refractivity contribution in [2.45, 2.75) is 45.2 Å². The highest BCUT2D eigenvalue weighted by Crippen LogP contribution is 2.33. The Labute approximate surface area is 162 Å². The van der Waals surface area contributed by atoms with Gasteiger partial charge in [0.2, 0.25) is 5.91 Å². The third kappa shape index (κ3) is 6.63. The summed E-state index contributed by atoms with van der Waals surface area (Å²) in [5.74, 6) is 2.97. The summed E-state index contributed by atoms with van der Waals surface area (Å²) in [5, 5.41) is 9.68. The van der Waals surface area contributed by atoms with E-state index in [9.17, 15) is 4.79 Å². The lowest BCUT2D eigenvalue weighted by Crippen LogP contribution is -2.60. The smallest absolute Gasteiger partial charge is 0.242 e. The van der Waals surface area contributed by atoms with Crippen LogP contribution in [0.15, 0.2) is 4.99 Å². The molecule has 0 saturated carbocycles. The molecule has 0 aromatic carbocycles. The van der Waals surface area contributed by atoms with E-state index >= 15 is 0 Å². The van der Waals surface area contributed by atoms with Crippen molar-refractivity contribution in [1.82, 2.24) is 20.9 Å². The van der Waals surface area contributed by atoms with Gasteiger partial charge in [0.1, 0.15) is 6.54 Å². The molecule has 2 heterocycles.